The van der Waals surface area contributed by atoms with Crippen LogP contribution in [-0.2, 0) is 17.8 Å². The van der Waals surface area contributed by atoms with Gasteiger partial charge in [-0.3, -0.25) is 19.1 Å². The van der Waals surface area contributed by atoms with Crippen LogP contribution in [0.2, 0.25) is 0 Å². The normalized spacial score (nSPS) is 16.3. The van der Waals surface area contributed by atoms with Gasteiger partial charge in [-0.05, 0) is 30.5 Å². The second-order valence-electron chi connectivity index (χ2n) is 7.61. The van der Waals surface area contributed by atoms with E-state index >= 15 is 0 Å². The predicted molar refractivity (Wildman–Crippen MR) is 112 cm³/mol. The number of ether oxygens (including phenoxy) is 1. The van der Waals surface area contributed by atoms with Crippen LogP contribution in [0.3, 0.4) is 0 Å². The first-order valence-corrected chi connectivity index (χ1v) is 10.2. The Morgan fingerprint density at radius 3 is 3.00 bits per heavy atom. The molecule has 0 spiro atoms. The Kier molecular flexibility index (Phi) is 6.01. The molecule has 0 bridgehead atoms. The van der Waals surface area contributed by atoms with Gasteiger partial charge < -0.3 is 14.1 Å². The Hall–Kier alpha value is -3.62. The van der Waals surface area contributed by atoms with Crippen molar-refractivity contribution in [2.75, 3.05) is 20.2 Å². The number of carbonyl (C=O) groups is 1. The third-order valence-corrected chi connectivity index (χ3v) is 5.41. The number of oxazole rings is 1. The third kappa shape index (κ3) is 4.93. The Bertz CT molecular complexity index is 1180. The molecule has 1 saturated heterocycles. The van der Waals surface area contributed by atoms with Crippen LogP contribution in [0.1, 0.15) is 36.0 Å². The van der Waals surface area contributed by atoms with Crippen molar-refractivity contribution in [3.8, 4) is 5.75 Å². The first-order chi connectivity index (χ1) is 15.0. The van der Waals surface area contributed by atoms with Crippen molar-refractivity contribution in [3.05, 3.63) is 80.8 Å². The van der Waals surface area contributed by atoms with Gasteiger partial charge in [0.05, 0.1) is 19.2 Å². The molecule has 1 atom stereocenters. The maximum Gasteiger partial charge on any atom is 0.328 e. The summed E-state index contributed by atoms with van der Waals surface area (Å²) in [5.41, 5.74) is -0.0153. The highest BCUT2D eigenvalue weighted by atomic mass is 16.5. The SMILES string of the molecule is COc1cccc(Cc2cnc([C@@H]3CCCN(C(=O)Cn4ccc(=O)[nH]c4=O)C3)o2)c1. The van der Waals surface area contributed by atoms with Crippen molar-refractivity contribution < 1.29 is 13.9 Å². The summed E-state index contributed by atoms with van der Waals surface area (Å²) in [7, 11) is 1.63. The molecule has 1 amide bonds. The van der Waals surface area contributed by atoms with Crippen LogP contribution in [0.25, 0.3) is 0 Å². The van der Waals surface area contributed by atoms with Crippen LogP contribution in [0.4, 0.5) is 0 Å². The van der Waals surface area contributed by atoms with E-state index in [9.17, 15) is 14.4 Å². The average molecular weight is 424 g/mol. The number of aromatic nitrogens is 3. The van der Waals surface area contributed by atoms with E-state index in [1.54, 1.807) is 18.2 Å². The minimum absolute atomic E-state index is 0.00376. The van der Waals surface area contributed by atoms with Crippen LogP contribution in [0.15, 0.2) is 56.7 Å². The molecule has 0 aliphatic carbocycles. The van der Waals surface area contributed by atoms with Crippen LogP contribution < -0.4 is 16.0 Å². The number of hydrogen-bond donors (Lipinski definition) is 1. The summed E-state index contributed by atoms with van der Waals surface area (Å²) in [5.74, 6) is 1.99. The van der Waals surface area contributed by atoms with Crippen LogP contribution >= 0.6 is 0 Å². The van der Waals surface area contributed by atoms with E-state index in [1.165, 1.54) is 16.8 Å². The zero-order chi connectivity index (χ0) is 21.8. The number of nitrogens with zero attached hydrogens (tertiary/aromatic N) is 3. The number of amides is 1. The molecular formula is C22H24N4O5. The van der Waals surface area contributed by atoms with E-state index in [4.69, 9.17) is 9.15 Å². The minimum Gasteiger partial charge on any atom is -0.497 e. The number of piperidine rings is 1. The average Bonchev–Trinajstić information content (AvgIpc) is 3.24. The first-order valence-electron chi connectivity index (χ1n) is 10.2. The lowest BCUT2D eigenvalue weighted by atomic mass is 9.98. The highest BCUT2D eigenvalue weighted by Gasteiger charge is 2.28. The van der Waals surface area contributed by atoms with E-state index in [0.717, 1.165) is 29.9 Å². The molecule has 2 aromatic heterocycles. The largest absolute Gasteiger partial charge is 0.497 e. The van der Waals surface area contributed by atoms with E-state index in [1.807, 2.05) is 24.3 Å². The number of likely N-dealkylation sites (tertiary alicyclic amines) is 1. The van der Waals surface area contributed by atoms with Crippen molar-refractivity contribution in [2.45, 2.75) is 31.7 Å². The number of hydrogen-bond acceptors (Lipinski definition) is 6. The van der Waals surface area contributed by atoms with E-state index in [2.05, 4.69) is 9.97 Å². The van der Waals surface area contributed by atoms with E-state index in [0.29, 0.717) is 25.4 Å². The number of aromatic amines is 1. The summed E-state index contributed by atoms with van der Waals surface area (Å²) in [6, 6.07) is 9.02. The van der Waals surface area contributed by atoms with Gasteiger partial charge in [-0.2, -0.15) is 0 Å². The molecular weight excluding hydrogens is 400 g/mol. The summed E-state index contributed by atoms with van der Waals surface area (Å²) in [6.45, 7) is 0.982. The number of H-pyrrole nitrogens is 1. The number of nitrogens with one attached hydrogen (secondary N) is 1. The first kappa shape index (κ1) is 20.6. The van der Waals surface area contributed by atoms with E-state index in [-0.39, 0.29) is 18.4 Å². The van der Waals surface area contributed by atoms with Crippen LogP contribution in [0.5, 0.6) is 5.75 Å². The minimum atomic E-state index is -0.593. The Morgan fingerprint density at radius 1 is 1.32 bits per heavy atom. The number of carbonyl (C=O) groups excluding carboxylic acids is 1. The number of benzene rings is 1. The molecule has 162 valence electrons. The van der Waals surface area contributed by atoms with Crippen molar-refractivity contribution >= 4 is 5.91 Å². The molecule has 1 aliphatic rings. The molecule has 0 radical (unpaired) electrons. The second kappa shape index (κ2) is 9.03. The predicted octanol–water partition coefficient (Wildman–Crippen LogP) is 1.53. The van der Waals surface area contributed by atoms with Gasteiger partial charge >= 0.3 is 5.69 Å². The smallest absolute Gasteiger partial charge is 0.328 e. The van der Waals surface area contributed by atoms with Gasteiger partial charge in [0.15, 0.2) is 5.89 Å². The summed E-state index contributed by atoms with van der Waals surface area (Å²) in [4.78, 5) is 44.1. The standard InChI is InChI=1S/C22H24N4O5/c1-30-17-6-2-4-15(10-17)11-18-12-23-21(31-18)16-5-3-8-25(13-16)20(28)14-26-9-7-19(27)24-22(26)29/h2,4,6-7,9-10,12,16H,3,5,8,11,13-14H2,1H3,(H,24,27,29)/t16-/m1/s1. The zero-order valence-corrected chi connectivity index (χ0v) is 17.2. The van der Waals surface area contributed by atoms with Gasteiger partial charge in [-0.1, -0.05) is 12.1 Å². The van der Waals surface area contributed by atoms with Crippen molar-refractivity contribution in [3.63, 3.8) is 0 Å². The molecule has 31 heavy (non-hydrogen) atoms. The topological polar surface area (TPSA) is 110 Å². The maximum atomic E-state index is 12.7. The molecule has 1 N–H and O–H groups in total. The summed E-state index contributed by atoms with van der Waals surface area (Å²) >= 11 is 0. The molecule has 4 rings (SSSR count). The van der Waals surface area contributed by atoms with Crippen LogP contribution in [-0.4, -0.2) is 45.5 Å². The quantitative estimate of drug-likeness (QED) is 0.643. The Balaban J connectivity index is 1.41. The molecule has 3 aromatic rings. The van der Waals surface area contributed by atoms with Gasteiger partial charge in [-0.15, -0.1) is 0 Å². The molecule has 1 aliphatic heterocycles. The lowest BCUT2D eigenvalue weighted by Crippen LogP contribution is -2.42. The maximum absolute atomic E-state index is 12.7. The molecule has 9 heteroatoms. The molecule has 0 unspecified atom stereocenters. The molecule has 1 aromatic carbocycles. The van der Waals surface area contributed by atoms with Gasteiger partial charge in [0.1, 0.15) is 18.1 Å². The lowest BCUT2D eigenvalue weighted by molar-refractivity contribution is -0.133. The lowest BCUT2D eigenvalue weighted by Gasteiger charge is -2.31. The fourth-order valence-corrected chi connectivity index (χ4v) is 3.80. The van der Waals surface area contributed by atoms with E-state index < -0.39 is 11.2 Å². The Morgan fingerprint density at radius 2 is 2.19 bits per heavy atom. The number of methoxy groups -OCH3 is 1. The number of rotatable bonds is 6. The molecule has 9 nitrogen and oxygen atoms in total. The van der Waals surface area contributed by atoms with Gasteiger partial charge in [0, 0.05) is 31.8 Å². The molecule has 0 saturated carbocycles. The second-order valence-corrected chi connectivity index (χ2v) is 7.61. The summed E-state index contributed by atoms with van der Waals surface area (Å²) in [5, 5.41) is 0. The van der Waals surface area contributed by atoms with Crippen molar-refractivity contribution in [1.29, 1.82) is 0 Å². The van der Waals surface area contributed by atoms with Crippen molar-refractivity contribution in [2.24, 2.45) is 0 Å². The fraction of sp³-hybridized carbons (Fsp3) is 0.364. The fourth-order valence-electron chi connectivity index (χ4n) is 3.80. The highest BCUT2D eigenvalue weighted by molar-refractivity contribution is 5.76. The third-order valence-electron chi connectivity index (χ3n) is 5.41. The molecule has 1 fully saturated rings. The highest BCUT2D eigenvalue weighted by Crippen LogP contribution is 2.27. The van der Waals surface area contributed by atoms with Gasteiger partial charge in [-0.25, -0.2) is 9.78 Å². The van der Waals surface area contributed by atoms with Crippen LogP contribution in [0, 0.1) is 0 Å². The molecule has 3 heterocycles. The Labute approximate surface area is 178 Å². The summed E-state index contributed by atoms with van der Waals surface area (Å²) in [6.07, 6.45) is 5.37. The van der Waals surface area contributed by atoms with Crippen molar-refractivity contribution in [1.82, 2.24) is 19.4 Å². The van der Waals surface area contributed by atoms with Gasteiger partial charge in [0.25, 0.3) is 5.56 Å². The summed E-state index contributed by atoms with van der Waals surface area (Å²) < 4.78 is 12.5. The zero-order valence-electron chi connectivity index (χ0n) is 17.2. The monoisotopic (exact) mass is 424 g/mol. The van der Waals surface area contributed by atoms with Gasteiger partial charge in [0.2, 0.25) is 5.91 Å².